The number of alkyl carbamates (subject to hydrolysis) is 1. The first kappa shape index (κ1) is 20.6. The maximum absolute atomic E-state index is 11.4. The molecule has 0 aromatic carbocycles. The number of aliphatic hydroxyl groups excluding tert-OH is 4. The molecule has 10 nitrogen and oxygen atoms in total. The number of amides is 1. The van der Waals surface area contributed by atoms with Gasteiger partial charge in [-0.1, -0.05) is 6.92 Å². The molecular formula is C14H25NO9. The van der Waals surface area contributed by atoms with Crippen molar-refractivity contribution in [2.24, 2.45) is 0 Å². The molecule has 0 spiro atoms. The summed E-state index contributed by atoms with van der Waals surface area (Å²) in [5.41, 5.74) is 0. The molecule has 1 fully saturated rings. The van der Waals surface area contributed by atoms with Gasteiger partial charge in [-0.25, -0.2) is 9.59 Å². The van der Waals surface area contributed by atoms with Gasteiger partial charge < -0.3 is 40.3 Å². The van der Waals surface area contributed by atoms with Crippen molar-refractivity contribution in [3.8, 4) is 0 Å². The predicted molar refractivity (Wildman–Crippen MR) is 79.2 cm³/mol. The molecule has 1 aliphatic rings. The number of carbonyl (C=O) groups is 2. The minimum absolute atomic E-state index is 0.0447. The third-order valence-electron chi connectivity index (χ3n) is 3.86. The Kier molecular flexibility index (Phi) is 8.36. The second-order valence-corrected chi connectivity index (χ2v) is 5.59. The van der Waals surface area contributed by atoms with Crippen LogP contribution < -0.4 is 5.32 Å². The average molecular weight is 351 g/mol. The third kappa shape index (κ3) is 5.56. The maximum Gasteiger partial charge on any atom is 0.407 e. The maximum atomic E-state index is 11.4. The van der Waals surface area contributed by atoms with Crippen LogP contribution in [0.3, 0.4) is 0 Å². The van der Waals surface area contributed by atoms with E-state index < -0.39 is 55.2 Å². The minimum atomic E-state index is -1.44. The van der Waals surface area contributed by atoms with E-state index in [0.29, 0.717) is 0 Å². The molecule has 24 heavy (non-hydrogen) atoms. The van der Waals surface area contributed by atoms with Gasteiger partial charge in [-0.05, 0) is 19.3 Å². The van der Waals surface area contributed by atoms with E-state index in [1.54, 1.807) is 6.92 Å². The number of ether oxygens (including phenoxy) is 2. The van der Waals surface area contributed by atoms with Gasteiger partial charge in [0.1, 0.15) is 30.5 Å². The average Bonchev–Trinajstić information content (AvgIpc) is 2.55. The van der Waals surface area contributed by atoms with E-state index in [0.717, 1.165) is 0 Å². The summed E-state index contributed by atoms with van der Waals surface area (Å²) in [5, 5.41) is 49.2. The lowest BCUT2D eigenvalue weighted by molar-refractivity contribution is -0.230. The molecule has 1 aliphatic heterocycles. The number of carboxylic acid groups (broad SMARTS) is 1. The highest BCUT2D eigenvalue weighted by Gasteiger charge is 2.42. The van der Waals surface area contributed by atoms with Gasteiger partial charge in [-0.3, -0.25) is 0 Å². The Labute approximate surface area is 139 Å². The Morgan fingerprint density at radius 1 is 1.17 bits per heavy atom. The lowest BCUT2D eigenvalue weighted by Crippen LogP contribution is -2.58. The van der Waals surface area contributed by atoms with Crippen LogP contribution in [0.2, 0.25) is 0 Å². The van der Waals surface area contributed by atoms with Gasteiger partial charge in [0.25, 0.3) is 0 Å². The fourth-order valence-corrected chi connectivity index (χ4v) is 2.39. The van der Waals surface area contributed by atoms with Crippen LogP contribution in [-0.4, -0.2) is 87.4 Å². The van der Waals surface area contributed by atoms with Crippen LogP contribution in [0, 0.1) is 0 Å². The van der Waals surface area contributed by atoms with E-state index in [1.165, 1.54) is 0 Å². The van der Waals surface area contributed by atoms with Gasteiger partial charge in [0.2, 0.25) is 0 Å². The van der Waals surface area contributed by atoms with E-state index >= 15 is 0 Å². The van der Waals surface area contributed by atoms with Gasteiger partial charge >= 0.3 is 12.1 Å². The Hall–Kier alpha value is -1.46. The normalized spacial score (nSPS) is 31.3. The quantitative estimate of drug-likeness (QED) is 0.277. The lowest BCUT2D eigenvalue weighted by atomic mass is 9.93. The van der Waals surface area contributed by atoms with Crippen LogP contribution in [0.5, 0.6) is 0 Å². The highest BCUT2D eigenvalue weighted by molar-refractivity contribution is 5.79. The Morgan fingerprint density at radius 3 is 2.33 bits per heavy atom. The summed E-state index contributed by atoms with van der Waals surface area (Å²) >= 11 is 0. The zero-order valence-corrected chi connectivity index (χ0v) is 13.4. The molecule has 1 heterocycles. The van der Waals surface area contributed by atoms with Crippen molar-refractivity contribution in [2.75, 3.05) is 13.2 Å². The monoisotopic (exact) mass is 351 g/mol. The van der Waals surface area contributed by atoms with Crippen LogP contribution in [-0.2, 0) is 14.3 Å². The molecule has 1 saturated heterocycles. The van der Waals surface area contributed by atoms with Crippen molar-refractivity contribution in [3.63, 3.8) is 0 Å². The number of aliphatic carboxylic acids is 1. The standard InChI is InChI=1S/C14H25NO9/c1-2-7(13(20)21)15-14(22)23-5-3-4-8-10(17)12(19)11(18)9(6-16)24-8/h7-12,16-19H,2-6H2,1H3,(H,15,22)(H,20,21)/t7?,8-,9?,10?,11?,12?/m0/s1. The van der Waals surface area contributed by atoms with Crippen molar-refractivity contribution in [3.05, 3.63) is 0 Å². The smallest absolute Gasteiger partial charge is 0.407 e. The zero-order valence-electron chi connectivity index (χ0n) is 13.4. The minimum Gasteiger partial charge on any atom is -0.480 e. The molecule has 1 amide bonds. The van der Waals surface area contributed by atoms with Gasteiger partial charge in [0, 0.05) is 0 Å². The van der Waals surface area contributed by atoms with Crippen LogP contribution in [0.4, 0.5) is 4.79 Å². The van der Waals surface area contributed by atoms with Gasteiger partial charge in [0.05, 0.1) is 19.3 Å². The fourth-order valence-electron chi connectivity index (χ4n) is 2.39. The molecule has 0 bridgehead atoms. The summed E-state index contributed by atoms with van der Waals surface area (Å²) in [5.74, 6) is -1.16. The Morgan fingerprint density at radius 2 is 1.79 bits per heavy atom. The predicted octanol–water partition coefficient (Wildman–Crippen LogP) is -1.80. The summed E-state index contributed by atoms with van der Waals surface area (Å²) in [6.07, 6.45) is -6.13. The first-order valence-corrected chi connectivity index (χ1v) is 7.78. The van der Waals surface area contributed by atoms with Gasteiger partial charge in [-0.15, -0.1) is 0 Å². The summed E-state index contributed by atoms with van der Waals surface area (Å²) in [6, 6.07) is -1.03. The second kappa shape index (κ2) is 9.74. The molecule has 0 saturated carbocycles. The highest BCUT2D eigenvalue weighted by Crippen LogP contribution is 2.23. The van der Waals surface area contributed by atoms with Crippen molar-refractivity contribution >= 4 is 12.1 Å². The molecule has 140 valence electrons. The SMILES string of the molecule is CCC(NC(=O)OCCC[C@@H]1OC(CO)C(O)C(O)C1O)C(=O)O. The molecule has 5 unspecified atom stereocenters. The number of carbonyl (C=O) groups excluding carboxylic acids is 1. The second-order valence-electron chi connectivity index (χ2n) is 5.59. The van der Waals surface area contributed by atoms with Gasteiger partial charge in [0.15, 0.2) is 0 Å². The van der Waals surface area contributed by atoms with Crippen molar-refractivity contribution in [1.82, 2.24) is 5.32 Å². The summed E-state index contributed by atoms with van der Waals surface area (Å²) in [6.45, 7) is 1.06. The highest BCUT2D eigenvalue weighted by atomic mass is 16.6. The van der Waals surface area contributed by atoms with Crippen LogP contribution in [0.25, 0.3) is 0 Å². The Bertz CT molecular complexity index is 417. The Balaban J connectivity index is 2.34. The van der Waals surface area contributed by atoms with Crippen molar-refractivity contribution in [2.45, 2.75) is 62.7 Å². The molecule has 10 heteroatoms. The summed E-state index contributed by atoms with van der Waals surface area (Å²) in [7, 11) is 0. The zero-order chi connectivity index (χ0) is 18.3. The molecule has 0 radical (unpaired) electrons. The molecule has 6 N–H and O–H groups in total. The third-order valence-corrected chi connectivity index (χ3v) is 3.86. The molecular weight excluding hydrogens is 326 g/mol. The van der Waals surface area contributed by atoms with Gasteiger partial charge in [-0.2, -0.15) is 0 Å². The number of hydrogen-bond donors (Lipinski definition) is 6. The summed E-state index contributed by atoms with van der Waals surface area (Å²) in [4.78, 5) is 22.2. The molecule has 0 aromatic rings. The largest absolute Gasteiger partial charge is 0.480 e. The van der Waals surface area contributed by atoms with Crippen molar-refractivity contribution < 1.29 is 44.6 Å². The van der Waals surface area contributed by atoms with Crippen LogP contribution in [0.1, 0.15) is 26.2 Å². The van der Waals surface area contributed by atoms with E-state index in [4.69, 9.17) is 19.7 Å². The fraction of sp³-hybridized carbons (Fsp3) is 0.857. The number of nitrogens with one attached hydrogen (secondary N) is 1. The lowest BCUT2D eigenvalue weighted by Gasteiger charge is -2.40. The molecule has 6 atom stereocenters. The van der Waals surface area contributed by atoms with E-state index in [2.05, 4.69) is 5.32 Å². The number of hydrogen-bond acceptors (Lipinski definition) is 8. The van der Waals surface area contributed by atoms with E-state index in [1.807, 2.05) is 0 Å². The first-order chi connectivity index (χ1) is 11.3. The topological polar surface area (TPSA) is 166 Å². The molecule has 0 aromatic heterocycles. The molecule has 0 aliphatic carbocycles. The van der Waals surface area contributed by atoms with Crippen LogP contribution in [0.15, 0.2) is 0 Å². The number of carboxylic acids is 1. The molecule has 1 rings (SSSR count). The van der Waals surface area contributed by atoms with Crippen molar-refractivity contribution in [1.29, 1.82) is 0 Å². The first-order valence-electron chi connectivity index (χ1n) is 7.78. The van der Waals surface area contributed by atoms with E-state index in [9.17, 15) is 24.9 Å². The van der Waals surface area contributed by atoms with E-state index in [-0.39, 0.29) is 25.9 Å². The summed E-state index contributed by atoms with van der Waals surface area (Å²) < 4.78 is 10.1. The van der Waals surface area contributed by atoms with Crippen LogP contribution >= 0.6 is 0 Å². The number of rotatable bonds is 8. The number of aliphatic hydroxyl groups is 4.